The van der Waals surface area contributed by atoms with Crippen molar-refractivity contribution in [2.45, 2.75) is 18.9 Å². The second-order valence-electron chi connectivity index (χ2n) is 5.05. The molecule has 5 heteroatoms. The van der Waals surface area contributed by atoms with E-state index in [1.165, 1.54) is 6.42 Å². The Bertz CT molecular complexity index is 470. The maximum Gasteiger partial charge on any atom is 0.253 e. The van der Waals surface area contributed by atoms with Gasteiger partial charge in [0.15, 0.2) is 11.5 Å². The van der Waals surface area contributed by atoms with E-state index in [0.717, 1.165) is 19.5 Å². The van der Waals surface area contributed by atoms with Crippen LogP contribution in [0.3, 0.4) is 0 Å². The van der Waals surface area contributed by atoms with Crippen molar-refractivity contribution in [3.8, 4) is 11.5 Å². The van der Waals surface area contributed by atoms with Crippen molar-refractivity contribution in [2.75, 3.05) is 34.4 Å². The van der Waals surface area contributed by atoms with E-state index < -0.39 is 0 Å². The van der Waals surface area contributed by atoms with Crippen LogP contribution in [0.25, 0.3) is 0 Å². The van der Waals surface area contributed by atoms with Crippen molar-refractivity contribution < 1.29 is 14.3 Å². The fourth-order valence-electron chi connectivity index (χ4n) is 2.52. The Kier molecular flexibility index (Phi) is 4.84. The number of hydrogen-bond acceptors (Lipinski definition) is 4. The molecule has 0 saturated carbocycles. The molecule has 0 aliphatic carbocycles. The highest BCUT2D eigenvalue weighted by Gasteiger charge is 2.20. The van der Waals surface area contributed by atoms with E-state index >= 15 is 0 Å². The highest BCUT2D eigenvalue weighted by Crippen LogP contribution is 2.28. The maximum atomic E-state index is 12.4. The third-order valence-corrected chi connectivity index (χ3v) is 3.63. The van der Waals surface area contributed by atoms with Gasteiger partial charge < -0.3 is 19.7 Å². The molecule has 1 amide bonds. The van der Waals surface area contributed by atoms with E-state index in [2.05, 4.69) is 5.32 Å². The van der Waals surface area contributed by atoms with Gasteiger partial charge in [0.2, 0.25) is 0 Å². The van der Waals surface area contributed by atoms with Gasteiger partial charge in [0.05, 0.1) is 14.2 Å². The fourth-order valence-corrected chi connectivity index (χ4v) is 2.52. The van der Waals surface area contributed by atoms with Gasteiger partial charge in [-0.05, 0) is 37.6 Å². The molecule has 1 aromatic carbocycles. The van der Waals surface area contributed by atoms with Crippen LogP contribution in [-0.4, -0.2) is 51.2 Å². The summed E-state index contributed by atoms with van der Waals surface area (Å²) < 4.78 is 10.4. The number of benzene rings is 1. The van der Waals surface area contributed by atoms with Gasteiger partial charge in [-0.1, -0.05) is 0 Å². The van der Waals surface area contributed by atoms with Crippen LogP contribution in [0, 0.1) is 0 Å². The highest BCUT2D eigenvalue weighted by molar-refractivity contribution is 5.94. The molecule has 0 bridgehead atoms. The Labute approximate surface area is 119 Å². The molecule has 0 spiro atoms. The SMILES string of the molecule is COc1ccc(C(=O)N(C)CC2CCCN2)cc1OC. The minimum atomic E-state index is -0.000321. The van der Waals surface area contributed by atoms with Crippen molar-refractivity contribution in [1.82, 2.24) is 10.2 Å². The largest absolute Gasteiger partial charge is 0.493 e. The smallest absolute Gasteiger partial charge is 0.253 e. The molecule has 1 fully saturated rings. The first-order valence-corrected chi connectivity index (χ1v) is 6.86. The maximum absolute atomic E-state index is 12.4. The monoisotopic (exact) mass is 278 g/mol. The first-order chi connectivity index (χ1) is 9.65. The van der Waals surface area contributed by atoms with E-state index in [-0.39, 0.29) is 5.91 Å². The average molecular weight is 278 g/mol. The number of ether oxygens (including phenoxy) is 2. The summed E-state index contributed by atoms with van der Waals surface area (Å²) in [5.41, 5.74) is 0.614. The molecule has 1 heterocycles. The minimum Gasteiger partial charge on any atom is -0.493 e. The number of methoxy groups -OCH3 is 2. The summed E-state index contributed by atoms with van der Waals surface area (Å²) in [4.78, 5) is 14.2. The van der Waals surface area contributed by atoms with Crippen molar-refractivity contribution in [2.24, 2.45) is 0 Å². The van der Waals surface area contributed by atoms with Crippen LogP contribution in [0.2, 0.25) is 0 Å². The Morgan fingerprint density at radius 1 is 1.35 bits per heavy atom. The normalized spacial score (nSPS) is 17.9. The lowest BCUT2D eigenvalue weighted by Gasteiger charge is -2.21. The van der Waals surface area contributed by atoms with E-state index in [1.54, 1.807) is 37.3 Å². The number of carbonyl (C=O) groups is 1. The second-order valence-corrected chi connectivity index (χ2v) is 5.05. The van der Waals surface area contributed by atoms with Gasteiger partial charge in [-0.2, -0.15) is 0 Å². The summed E-state index contributed by atoms with van der Waals surface area (Å²) in [6.45, 7) is 1.77. The standard InChI is InChI=1S/C15H22N2O3/c1-17(10-12-5-4-8-16-12)15(18)11-6-7-13(19-2)14(9-11)20-3/h6-7,9,12,16H,4-5,8,10H2,1-3H3. The number of likely N-dealkylation sites (N-methyl/N-ethyl adjacent to an activating group) is 1. The quantitative estimate of drug-likeness (QED) is 0.887. The van der Waals surface area contributed by atoms with Gasteiger partial charge in [0.1, 0.15) is 0 Å². The van der Waals surface area contributed by atoms with Crippen molar-refractivity contribution >= 4 is 5.91 Å². The molecule has 0 radical (unpaired) electrons. The van der Waals surface area contributed by atoms with Crippen LogP contribution in [0.4, 0.5) is 0 Å². The van der Waals surface area contributed by atoms with Crippen LogP contribution in [0.5, 0.6) is 11.5 Å². The molecular formula is C15H22N2O3. The number of nitrogens with one attached hydrogen (secondary N) is 1. The van der Waals surface area contributed by atoms with E-state index in [4.69, 9.17) is 9.47 Å². The molecule has 20 heavy (non-hydrogen) atoms. The Morgan fingerprint density at radius 3 is 2.70 bits per heavy atom. The molecule has 1 atom stereocenters. The summed E-state index contributed by atoms with van der Waals surface area (Å²) in [5, 5.41) is 3.40. The zero-order valence-electron chi connectivity index (χ0n) is 12.3. The molecule has 5 nitrogen and oxygen atoms in total. The van der Waals surface area contributed by atoms with E-state index in [1.807, 2.05) is 7.05 Å². The lowest BCUT2D eigenvalue weighted by Crippen LogP contribution is -2.38. The summed E-state index contributed by atoms with van der Waals surface area (Å²) in [6, 6.07) is 5.65. The van der Waals surface area contributed by atoms with Crippen LogP contribution >= 0.6 is 0 Å². The topological polar surface area (TPSA) is 50.8 Å². The molecule has 1 saturated heterocycles. The van der Waals surface area contributed by atoms with Crippen LogP contribution in [-0.2, 0) is 0 Å². The molecule has 0 aromatic heterocycles. The van der Waals surface area contributed by atoms with Crippen LogP contribution < -0.4 is 14.8 Å². The Balaban J connectivity index is 2.07. The van der Waals surface area contributed by atoms with E-state index in [0.29, 0.717) is 23.1 Å². The number of carbonyl (C=O) groups excluding carboxylic acids is 1. The molecule has 2 rings (SSSR count). The van der Waals surface area contributed by atoms with Gasteiger partial charge >= 0.3 is 0 Å². The Hall–Kier alpha value is -1.75. The van der Waals surface area contributed by atoms with Gasteiger partial charge in [0, 0.05) is 25.2 Å². The predicted octanol–water partition coefficient (Wildman–Crippen LogP) is 1.53. The van der Waals surface area contributed by atoms with Gasteiger partial charge in [-0.25, -0.2) is 0 Å². The summed E-state index contributed by atoms with van der Waals surface area (Å²) in [6.07, 6.45) is 2.31. The second kappa shape index (κ2) is 6.61. The molecule has 1 unspecified atom stereocenters. The van der Waals surface area contributed by atoms with E-state index in [9.17, 15) is 4.79 Å². The first kappa shape index (κ1) is 14.7. The molecule has 1 aromatic rings. The van der Waals surface area contributed by atoms with Crippen LogP contribution in [0.15, 0.2) is 18.2 Å². The summed E-state index contributed by atoms with van der Waals surface area (Å²) >= 11 is 0. The number of amides is 1. The van der Waals surface area contributed by atoms with Gasteiger partial charge in [0.25, 0.3) is 5.91 Å². The third kappa shape index (κ3) is 3.22. The lowest BCUT2D eigenvalue weighted by molar-refractivity contribution is 0.0783. The minimum absolute atomic E-state index is 0.000321. The fraction of sp³-hybridized carbons (Fsp3) is 0.533. The zero-order chi connectivity index (χ0) is 14.5. The van der Waals surface area contributed by atoms with Gasteiger partial charge in [-0.3, -0.25) is 4.79 Å². The zero-order valence-corrected chi connectivity index (χ0v) is 12.3. The number of hydrogen-bond donors (Lipinski definition) is 1. The Morgan fingerprint density at radius 2 is 2.10 bits per heavy atom. The third-order valence-electron chi connectivity index (χ3n) is 3.63. The van der Waals surface area contributed by atoms with Crippen molar-refractivity contribution in [3.05, 3.63) is 23.8 Å². The average Bonchev–Trinajstić information content (AvgIpc) is 2.98. The highest BCUT2D eigenvalue weighted by atomic mass is 16.5. The first-order valence-electron chi connectivity index (χ1n) is 6.86. The summed E-state index contributed by atoms with van der Waals surface area (Å²) in [7, 11) is 4.98. The molecule has 1 aliphatic rings. The van der Waals surface area contributed by atoms with Crippen molar-refractivity contribution in [3.63, 3.8) is 0 Å². The van der Waals surface area contributed by atoms with Crippen LogP contribution in [0.1, 0.15) is 23.2 Å². The molecule has 1 N–H and O–H groups in total. The molecule has 110 valence electrons. The number of rotatable bonds is 5. The number of nitrogens with zero attached hydrogens (tertiary/aromatic N) is 1. The van der Waals surface area contributed by atoms with Crippen molar-refractivity contribution in [1.29, 1.82) is 0 Å². The molecule has 1 aliphatic heterocycles. The van der Waals surface area contributed by atoms with Gasteiger partial charge in [-0.15, -0.1) is 0 Å². The predicted molar refractivity (Wildman–Crippen MR) is 77.5 cm³/mol. The lowest BCUT2D eigenvalue weighted by atomic mass is 10.1. The summed E-state index contributed by atoms with van der Waals surface area (Å²) in [5.74, 6) is 1.20. The molecular weight excluding hydrogens is 256 g/mol.